The quantitative estimate of drug-likeness (QED) is 0.718. The summed E-state index contributed by atoms with van der Waals surface area (Å²) >= 11 is 0. The van der Waals surface area contributed by atoms with Crippen LogP contribution in [0.3, 0.4) is 0 Å². The van der Waals surface area contributed by atoms with Gasteiger partial charge in [-0.3, -0.25) is 5.10 Å². The lowest BCUT2D eigenvalue weighted by atomic mass is 10.2. The molecule has 2 heterocycles. The molecule has 3 aromatic rings. The number of hydrogen-bond acceptors (Lipinski definition) is 4. The van der Waals surface area contributed by atoms with Gasteiger partial charge in [0, 0.05) is 29.4 Å². The molecule has 0 unspecified atom stereocenters. The van der Waals surface area contributed by atoms with Gasteiger partial charge in [0.1, 0.15) is 0 Å². The summed E-state index contributed by atoms with van der Waals surface area (Å²) in [4.78, 5) is 9.08. The summed E-state index contributed by atoms with van der Waals surface area (Å²) in [5.74, 6) is 8.67. The fraction of sp³-hybridized carbons (Fsp3) is 0.211. The van der Waals surface area contributed by atoms with Crippen LogP contribution in [0.1, 0.15) is 36.9 Å². The minimum absolute atomic E-state index is 0.633. The van der Waals surface area contributed by atoms with Crippen LogP contribution in [0.4, 0.5) is 11.6 Å². The van der Waals surface area contributed by atoms with Crippen molar-refractivity contribution in [1.29, 1.82) is 0 Å². The highest BCUT2D eigenvalue weighted by Gasteiger charge is 2.25. The van der Waals surface area contributed by atoms with E-state index >= 15 is 0 Å². The van der Waals surface area contributed by atoms with E-state index < -0.39 is 0 Å². The smallest absolute Gasteiger partial charge is 0.161 e. The lowest BCUT2D eigenvalue weighted by Gasteiger charge is -2.07. The summed E-state index contributed by atoms with van der Waals surface area (Å²) in [6, 6.07) is 11.9. The van der Waals surface area contributed by atoms with E-state index in [4.69, 9.17) is 0 Å². The Hall–Kier alpha value is -3.13. The van der Waals surface area contributed by atoms with Crippen LogP contribution in [0.15, 0.2) is 42.6 Å². The number of aromatic amines is 1. The summed E-state index contributed by atoms with van der Waals surface area (Å²) in [7, 11) is 0. The molecule has 1 aliphatic rings. The average molecular weight is 315 g/mol. The van der Waals surface area contributed by atoms with Crippen LogP contribution in [-0.4, -0.2) is 20.2 Å². The number of hydrogen-bond donors (Lipinski definition) is 2. The van der Waals surface area contributed by atoms with Crippen molar-refractivity contribution in [2.24, 2.45) is 0 Å². The third-order valence-corrected chi connectivity index (χ3v) is 3.94. The fourth-order valence-corrected chi connectivity index (χ4v) is 2.56. The number of aromatic nitrogens is 4. The largest absolute Gasteiger partial charge is 0.322 e. The van der Waals surface area contributed by atoms with E-state index in [1.165, 1.54) is 18.5 Å². The van der Waals surface area contributed by atoms with E-state index in [-0.39, 0.29) is 0 Å². The molecule has 0 aliphatic heterocycles. The van der Waals surface area contributed by atoms with Crippen LogP contribution >= 0.6 is 0 Å². The van der Waals surface area contributed by atoms with Crippen molar-refractivity contribution in [2.45, 2.75) is 25.7 Å². The van der Waals surface area contributed by atoms with E-state index in [0.717, 1.165) is 16.9 Å². The maximum atomic E-state index is 4.65. The molecule has 24 heavy (non-hydrogen) atoms. The normalized spacial score (nSPS) is 13.2. The number of rotatable bonds is 4. The van der Waals surface area contributed by atoms with E-state index in [0.29, 0.717) is 17.6 Å². The van der Waals surface area contributed by atoms with Gasteiger partial charge in [0.25, 0.3) is 0 Å². The molecule has 0 saturated heterocycles. The third-order valence-electron chi connectivity index (χ3n) is 3.94. The standard InChI is InChI=1S/C19H17N5/c1-2-6-15-12-20-18(14-7-4-3-5-8-14)22-19(15)21-17-11-16(23-24-17)13-9-10-13/h3-5,7-8,11-13H,9-10H2,1H3,(H2,20,21,22,23,24). The van der Waals surface area contributed by atoms with Gasteiger partial charge in [-0.2, -0.15) is 5.10 Å². The number of nitrogens with zero attached hydrogens (tertiary/aromatic N) is 3. The van der Waals surface area contributed by atoms with Gasteiger partial charge in [0.15, 0.2) is 17.5 Å². The van der Waals surface area contributed by atoms with Gasteiger partial charge >= 0.3 is 0 Å². The summed E-state index contributed by atoms with van der Waals surface area (Å²) in [6.07, 6.45) is 4.22. The van der Waals surface area contributed by atoms with Crippen LogP contribution in [0.25, 0.3) is 11.4 Å². The molecule has 118 valence electrons. The molecule has 0 spiro atoms. The van der Waals surface area contributed by atoms with Crippen molar-refractivity contribution in [1.82, 2.24) is 20.2 Å². The molecule has 2 aromatic heterocycles. The maximum absolute atomic E-state index is 4.65. The van der Waals surface area contributed by atoms with Crippen LogP contribution in [-0.2, 0) is 0 Å². The highest BCUT2D eigenvalue weighted by molar-refractivity contribution is 5.65. The highest BCUT2D eigenvalue weighted by atomic mass is 15.2. The summed E-state index contributed by atoms with van der Waals surface area (Å²) in [6.45, 7) is 1.80. The zero-order chi connectivity index (χ0) is 16.4. The Kier molecular flexibility index (Phi) is 3.72. The van der Waals surface area contributed by atoms with Crippen molar-refractivity contribution in [3.63, 3.8) is 0 Å². The summed E-state index contributed by atoms with van der Waals surface area (Å²) in [5, 5.41) is 10.7. The second kappa shape index (κ2) is 6.17. The molecule has 0 amide bonds. The Morgan fingerprint density at radius 1 is 1.21 bits per heavy atom. The SMILES string of the molecule is CC#Cc1cnc(-c2ccccc2)nc1Nc1cc(C2CC2)[nH]n1. The number of H-pyrrole nitrogens is 1. The minimum atomic E-state index is 0.633. The highest BCUT2D eigenvalue weighted by Crippen LogP contribution is 2.39. The molecule has 0 atom stereocenters. The minimum Gasteiger partial charge on any atom is -0.322 e. The molecule has 1 saturated carbocycles. The van der Waals surface area contributed by atoms with Gasteiger partial charge in [0.2, 0.25) is 0 Å². The third kappa shape index (κ3) is 2.99. The first-order chi connectivity index (χ1) is 11.8. The molecular weight excluding hydrogens is 298 g/mol. The zero-order valence-corrected chi connectivity index (χ0v) is 13.4. The average Bonchev–Trinajstić information content (AvgIpc) is 3.37. The van der Waals surface area contributed by atoms with Gasteiger partial charge in [-0.05, 0) is 19.8 Å². The first-order valence-corrected chi connectivity index (χ1v) is 8.01. The summed E-state index contributed by atoms with van der Waals surface area (Å²) in [5.41, 5.74) is 2.91. The fourth-order valence-electron chi connectivity index (χ4n) is 2.56. The molecule has 0 radical (unpaired) electrons. The molecule has 5 nitrogen and oxygen atoms in total. The van der Waals surface area contributed by atoms with Gasteiger partial charge < -0.3 is 5.32 Å². The Balaban J connectivity index is 1.68. The maximum Gasteiger partial charge on any atom is 0.161 e. The van der Waals surface area contributed by atoms with Crippen LogP contribution in [0, 0.1) is 11.8 Å². The second-order valence-corrected chi connectivity index (χ2v) is 5.80. The Morgan fingerprint density at radius 3 is 2.79 bits per heavy atom. The number of benzene rings is 1. The molecule has 2 N–H and O–H groups in total. The Bertz CT molecular complexity index is 914. The molecule has 5 heteroatoms. The van der Waals surface area contributed by atoms with Gasteiger partial charge in [-0.15, -0.1) is 5.92 Å². The van der Waals surface area contributed by atoms with Gasteiger partial charge in [-0.25, -0.2) is 9.97 Å². The Labute approximate surface area is 140 Å². The molecule has 1 aliphatic carbocycles. The number of nitrogens with one attached hydrogen (secondary N) is 2. The van der Waals surface area contributed by atoms with E-state index in [2.05, 4.69) is 37.3 Å². The predicted octanol–water partition coefficient (Wildman–Crippen LogP) is 3.86. The monoisotopic (exact) mass is 315 g/mol. The molecule has 1 aromatic carbocycles. The predicted molar refractivity (Wildman–Crippen MR) is 93.9 cm³/mol. The second-order valence-electron chi connectivity index (χ2n) is 5.80. The lowest BCUT2D eigenvalue weighted by Crippen LogP contribution is -2.01. The molecule has 1 fully saturated rings. The topological polar surface area (TPSA) is 66.5 Å². The molecule has 0 bridgehead atoms. The molecule has 4 rings (SSSR count). The van der Waals surface area contributed by atoms with Crippen molar-refractivity contribution in [3.8, 4) is 23.2 Å². The van der Waals surface area contributed by atoms with Crippen molar-refractivity contribution < 1.29 is 0 Å². The zero-order valence-electron chi connectivity index (χ0n) is 13.4. The summed E-state index contributed by atoms with van der Waals surface area (Å²) < 4.78 is 0. The van der Waals surface area contributed by atoms with E-state index in [1.54, 1.807) is 13.1 Å². The van der Waals surface area contributed by atoms with Gasteiger partial charge in [0.05, 0.1) is 5.56 Å². The lowest BCUT2D eigenvalue weighted by molar-refractivity contribution is 0.966. The van der Waals surface area contributed by atoms with Crippen molar-refractivity contribution in [2.75, 3.05) is 5.32 Å². The van der Waals surface area contributed by atoms with Crippen molar-refractivity contribution >= 4 is 11.6 Å². The van der Waals surface area contributed by atoms with Crippen molar-refractivity contribution in [3.05, 3.63) is 53.9 Å². The van der Waals surface area contributed by atoms with E-state index in [9.17, 15) is 0 Å². The van der Waals surface area contributed by atoms with E-state index in [1.807, 2.05) is 36.4 Å². The van der Waals surface area contributed by atoms with Crippen LogP contribution in [0.2, 0.25) is 0 Å². The number of anilines is 2. The van der Waals surface area contributed by atoms with Crippen LogP contribution in [0.5, 0.6) is 0 Å². The Morgan fingerprint density at radius 2 is 2.04 bits per heavy atom. The van der Waals surface area contributed by atoms with Gasteiger partial charge in [-0.1, -0.05) is 36.3 Å². The molecular formula is C19H17N5. The van der Waals surface area contributed by atoms with Crippen LogP contribution < -0.4 is 5.32 Å². The first-order valence-electron chi connectivity index (χ1n) is 8.01. The first kappa shape index (κ1) is 14.5.